The van der Waals surface area contributed by atoms with Crippen molar-refractivity contribution in [1.82, 2.24) is 9.78 Å². The molecule has 2 rings (SSSR count). The molecule has 0 bridgehead atoms. The lowest BCUT2D eigenvalue weighted by atomic mass is 9.98. The Balaban J connectivity index is 2.81. The molecule has 0 saturated heterocycles. The van der Waals surface area contributed by atoms with Gasteiger partial charge in [-0.25, -0.2) is 4.68 Å². The molecular weight excluding hydrogens is 363 g/mol. The van der Waals surface area contributed by atoms with Crippen LogP contribution < -0.4 is 16.0 Å². The number of anilines is 1. The van der Waals surface area contributed by atoms with E-state index in [1.807, 2.05) is 0 Å². The van der Waals surface area contributed by atoms with Crippen molar-refractivity contribution in [3.05, 3.63) is 39.7 Å². The molecule has 1 atom stereocenters. The molecule has 0 aliphatic rings. The van der Waals surface area contributed by atoms with Crippen LogP contribution in [0.3, 0.4) is 0 Å². The van der Waals surface area contributed by atoms with E-state index in [0.717, 1.165) is 16.8 Å². The molecule has 2 N–H and O–H groups in total. The third-order valence-corrected chi connectivity index (χ3v) is 3.96. The van der Waals surface area contributed by atoms with Gasteiger partial charge < -0.3 is 15.0 Å². The Kier molecular flexibility index (Phi) is 5.18. The Labute approximate surface area is 142 Å². The first-order valence-corrected chi connectivity index (χ1v) is 7.97. The van der Waals surface area contributed by atoms with Crippen LogP contribution in [-0.2, 0) is 30.1 Å². The van der Waals surface area contributed by atoms with Crippen LogP contribution >= 0.6 is 0 Å². The number of benzene rings is 1. The maximum absolute atomic E-state index is 12.9. The van der Waals surface area contributed by atoms with E-state index in [9.17, 15) is 26.7 Å². The van der Waals surface area contributed by atoms with Gasteiger partial charge >= 0.3 is 11.7 Å². The zero-order valence-electron chi connectivity index (χ0n) is 13.1. The Morgan fingerprint density at radius 3 is 2.56 bits per heavy atom. The smallest absolute Gasteiger partial charge is 0.416 e. The number of hydrogen-bond acceptors (Lipinski definition) is 6. The number of nitrogens with zero attached hydrogens (tertiary/aromatic N) is 2. The van der Waals surface area contributed by atoms with Crippen LogP contribution in [0.4, 0.5) is 19.0 Å². The van der Waals surface area contributed by atoms with Gasteiger partial charge in [-0.1, -0.05) is 17.1 Å². The molecule has 1 aromatic heterocycles. The number of alkyl halides is 3. The van der Waals surface area contributed by atoms with Crippen molar-refractivity contribution in [2.24, 2.45) is 7.05 Å². The summed E-state index contributed by atoms with van der Waals surface area (Å²) in [6.07, 6.45) is -4.65. The Hall–Kier alpha value is -2.40. The van der Waals surface area contributed by atoms with Crippen LogP contribution in [0.15, 0.2) is 23.0 Å². The van der Waals surface area contributed by atoms with Crippen LogP contribution in [0.2, 0.25) is 0 Å². The van der Waals surface area contributed by atoms with Crippen LogP contribution in [0, 0.1) is 0 Å². The minimum Gasteiger partial charge on any atom is -0.772 e. The fourth-order valence-corrected chi connectivity index (χ4v) is 2.83. The number of aromatic nitrogens is 2. The van der Waals surface area contributed by atoms with Gasteiger partial charge in [0.05, 0.1) is 18.2 Å². The van der Waals surface area contributed by atoms with Gasteiger partial charge in [0, 0.05) is 12.8 Å². The van der Waals surface area contributed by atoms with E-state index in [1.54, 1.807) is 0 Å². The van der Waals surface area contributed by atoms with Crippen molar-refractivity contribution in [1.29, 1.82) is 0 Å². The summed E-state index contributed by atoms with van der Waals surface area (Å²) in [6, 6.07) is 2.50. The quantitative estimate of drug-likeness (QED) is 0.809. The summed E-state index contributed by atoms with van der Waals surface area (Å²) in [4.78, 5) is 12.1. The van der Waals surface area contributed by atoms with Crippen LogP contribution in [0.1, 0.15) is 11.1 Å². The average Bonchev–Trinajstić information content (AvgIpc) is 2.49. The first kappa shape index (κ1) is 18.9. The predicted octanol–water partition coefficient (Wildman–Crippen LogP) is 1.44. The summed E-state index contributed by atoms with van der Waals surface area (Å²) in [6.45, 7) is 0. The topological polar surface area (TPSA) is 110 Å². The molecule has 7 nitrogen and oxygen atoms in total. The molecule has 0 fully saturated rings. The van der Waals surface area contributed by atoms with Gasteiger partial charge in [0.2, 0.25) is 0 Å². The Morgan fingerprint density at radius 1 is 1.40 bits per heavy atom. The van der Waals surface area contributed by atoms with E-state index in [0.29, 0.717) is 6.07 Å². The molecule has 0 amide bonds. The normalized spacial score (nSPS) is 12.9. The first-order valence-electron chi connectivity index (χ1n) is 6.73. The second kappa shape index (κ2) is 6.84. The summed E-state index contributed by atoms with van der Waals surface area (Å²) in [5, 5.41) is 3.78. The summed E-state index contributed by atoms with van der Waals surface area (Å²) < 4.78 is 66.8. The summed E-state index contributed by atoms with van der Waals surface area (Å²) in [5.74, 6) is -1.12. The Morgan fingerprint density at radius 2 is 2.04 bits per heavy atom. The summed E-state index contributed by atoms with van der Waals surface area (Å²) >= 11 is -2.66. The number of rotatable bonds is 4. The van der Waals surface area contributed by atoms with Crippen molar-refractivity contribution in [3.8, 4) is 16.9 Å². The van der Waals surface area contributed by atoms with E-state index >= 15 is 0 Å². The summed E-state index contributed by atoms with van der Waals surface area (Å²) in [5.41, 5.74) is 3.90. The first-order chi connectivity index (χ1) is 11.6. The molecule has 1 heterocycles. The van der Waals surface area contributed by atoms with E-state index < -0.39 is 34.1 Å². The van der Waals surface area contributed by atoms with E-state index in [2.05, 4.69) is 5.10 Å². The molecule has 0 radical (unpaired) electrons. The second-order valence-electron chi connectivity index (χ2n) is 5.04. The third-order valence-electron chi connectivity index (χ3n) is 3.41. The SMILES string of the molecule is COc1c(-c2ccc(C(F)(F)F)cc2CS(=O)[O-])c(N)nn(C)c1=O. The molecular formula is C14H13F3N3O4S-. The van der Waals surface area contributed by atoms with Crippen molar-refractivity contribution in [2.75, 3.05) is 12.8 Å². The van der Waals surface area contributed by atoms with E-state index in [1.165, 1.54) is 14.2 Å². The molecule has 0 spiro atoms. The average molecular weight is 376 g/mol. The number of aryl methyl sites for hydroxylation is 1. The second-order valence-corrected chi connectivity index (χ2v) is 5.94. The highest BCUT2D eigenvalue weighted by Gasteiger charge is 2.31. The monoisotopic (exact) mass is 376 g/mol. The number of nitrogen functional groups attached to an aromatic ring is 1. The van der Waals surface area contributed by atoms with Crippen molar-refractivity contribution < 1.29 is 26.7 Å². The van der Waals surface area contributed by atoms with Crippen LogP contribution in [-0.4, -0.2) is 25.7 Å². The van der Waals surface area contributed by atoms with Gasteiger partial charge in [-0.2, -0.15) is 18.3 Å². The molecule has 0 aliphatic heterocycles. The van der Waals surface area contributed by atoms with Gasteiger partial charge in [-0.3, -0.25) is 9.00 Å². The number of methoxy groups -OCH3 is 1. The van der Waals surface area contributed by atoms with Gasteiger partial charge in [0.25, 0.3) is 0 Å². The van der Waals surface area contributed by atoms with Crippen molar-refractivity contribution in [3.63, 3.8) is 0 Å². The molecule has 11 heteroatoms. The number of nitrogens with two attached hydrogens (primary N) is 1. The van der Waals surface area contributed by atoms with Crippen molar-refractivity contribution >= 4 is 16.9 Å². The minimum absolute atomic E-state index is 0.0248. The van der Waals surface area contributed by atoms with Gasteiger partial charge in [-0.05, 0) is 23.3 Å². The fourth-order valence-electron chi connectivity index (χ4n) is 2.34. The van der Waals surface area contributed by atoms with Crippen LogP contribution in [0.5, 0.6) is 5.75 Å². The van der Waals surface area contributed by atoms with Gasteiger partial charge in [0.1, 0.15) is 0 Å². The number of ether oxygens (including phenoxy) is 1. The minimum atomic E-state index is -4.65. The molecule has 1 unspecified atom stereocenters. The standard InChI is InChI=1S/C14H14F3N3O4S/c1-20-13(21)11(24-2)10(12(18)19-20)9-4-3-8(14(15,16)17)5-7(9)6-25(22)23/h3-5H,6H2,1-2H3,(H2,18,19)(H,22,23)/p-1. The predicted molar refractivity (Wildman–Crippen MR) is 83.5 cm³/mol. The zero-order chi connectivity index (χ0) is 18.9. The highest BCUT2D eigenvalue weighted by molar-refractivity contribution is 7.78. The molecule has 0 saturated carbocycles. The molecule has 0 aliphatic carbocycles. The highest BCUT2D eigenvalue weighted by Crippen LogP contribution is 2.38. The van der Waals surface area contributed by atoms with Gasteiger partial charge in [-0.15, -0.1) is 0 Å². The largest absolute Gasteiger partial charge is 0.772 e. The molecule has 2 aromatic rings. The van der Waals surface area contributed by atoms with Crippen molar-refractivity contribution in [2.45, 2.75) is 11.9 Å². The maximum Gasteiger partial charge on any atom is 0.416 e. The van der Waals surface area contributed by atoms with E-state index in [4.69, 9.17) is 10.5 Å². The zero-order valence-corrected chi connectivity index (χ0v) is 13.9. The lowest BCUT2D eigenvalue weighted by Crippen LogP contribution is -2.23. The lowest BCUT2D eigenvalue weighted by Gasteiger charge is -2.18. The highest BCUT2D eigenvalue weighted by atomic mass is 32.2. The van der Waals surface area contributed by atoms with Gasteiger partial charge in [0.15, 0.2) is 11.6 Å². The maximum atomic E-state index is 12.9. The molecule has 1 aromatic carbocycles. The van der Waals surface area contributed by atoms with E-state index in [-0.39, 0.29) is 28.3 Å². The Bertz CT molecular complexity index is 896. The molecule has 25 heavy (non-hydrogen) atoms. The van der Waals surface area contributed by atoms with Crippen LogP contribution in [0.25, 0.3) is 11.1 Å². The lowest BCUT2D eigenvalue weighted by molar-refractivity contribution is -0.137. The number of halogens is 3. The third kappa shape index (κ3) is 3.82. The fraction of sp³-hybridized carbons (Fsp3) is 0.286. The summed E-state index contributed by atoms with van der Waals surface area (Å²) in [7, 11) is 2.51. The number of hydrogen-bond donors (Lipinski definition) is 1. The molecule has 136 valence electrons.